The molecule has 0 bridgehead atoms. The summed E-state index contributed by atoms with van der Waals surface area (Å²) in [6.07, 6.45) is 0. The second-order valence-electron chi connectivity index (χ2n) is 4.32. The van der Waals surface area contributed by atoms with Gasteiger partial charge in [0.25, 0.3) is 5.91 Å². The van der Waals surface area contributed by atoms with Gasteiger partial charge < -0.3 is 11.1 Å². The van der Waals surface area contributed by atoms with E-state index in [0.29, 0.717) is 16.8 Å². The van der Waals surface area contributed by atoms with Gasteiger partial charge in [-0.15, -0.1) is 11.8 Å². The van der Waals surface area contributed by atoms with Crippen molar-refractivity contribution in [3.8, 4) is 0 Å². The van der Waals surface area contributed by atoms with Crippen LogP contribution in [-0.2, 0) is 0 Å². The van der Waals surface area contributed by atoms with Crippen molar-refractivity contribution in [2.75, 3.05) is 11.1 Å². The Morgan fingerprint density at radius 3 is 2.38 bits per heavy atom. The first-order chi connectivity index (χ1) is 10.1. The van der Waals surface area contributed by atoms with Crippen molar-refractivity contribution in [1.29, 1.82) is 0 Å². The Kier molecular flexibility index (Phi) is 5.00. The maximum Gasteiger partial charge on any atom is 0.256 e. The third-order valence-electron chi connectivity index (χ3n) is 2.86. The fourth-order valence-corrected chi connectivity index (χ4v) is 2.65. The number of benzene rings is 2. The quantitative estimate of drug-likeness (QED) is 0.833. The summed E-state index contributed by atoms with van der Waals surface area (Å²) in [5, 5.41) is 2.82. The predicted molar refractivity (Wildman–Crippen MR) is 85.8 cm³/mol. The normalized spacial score (nSPS) is 10.1. The van der Waals surface area contributed by atoms with Crippen LogP contribution in [-0.4, -0.2) is 17.6 Å². The monoisotopic (exact) mass is 300 g/mol. The highest BCUT2D eigenvalue weighted by Gasteiger charge is 2.11. The Labute approximate surface area is 127 Å². The van der Waals surface area contributed by atoms with Crippen LogP contribution in [0.5, 0.6) is 0 Å². The number of amides is 2. The molecule has 2 rings (SSSR count). The number of nitrogens with one attached hydrogen (secondary N) is 1. The largest absolute Gasteiger partial charge is 0.366 e. The van der Waals surface area contributed by atoms with E-state index in [9.17, 15) is 9.59 Å². The summed E-state index contributed by atoms with van der Waals surface area (Å²) >= 11 is 1.63. The third kappa shape index (κ3) is 3.86. The molecule has 5 heteroatoms. The average Bonchev–Trinajstić information content (AvgIpc) is 2.48. The lowest BCUT2D eigenvalue weighted by molar-refractivity contribution is 0.0998. The lowest BCUT2D eigenvalue weighted by atomic mass is 10.1. The van der Waals surface area contributed by atoms with Gasteiger partial charge >= 0.3 is 0 Å². The van der Waals surface area contributed by atoms with Gasteiger partial charge in [-0.25, -0.2) is 0 Å². The molecule has 0 aliphatic rings. The second kappa shape index (κ2) is 6.95. The Bertz CT molecular complexity index is 654. The molecule has 108 valence electrons. The van der Waals surface area contributed by atoms with Gasteiger partial charge in [-0.3, -0.25) is 9.59 Å². The smallest absolute Gasteiger partial charge is 0.256 e. The molecule has 4 nitrogen and oxygen atoms in total. The molecule has 0 aliphatic heterocycles. The molecule has 0 aliphatic carbocycles. The fourth-order valence-electron chi connectivity index (χ4n) is 1.85. The standard InChI is InChI=1S/C16H16N2O2S/c1-2-21-14-6-4-3-5-13(14)16(20)18-12-9-7-11(8-10-12)15(17)19/h3-10H,2H2,1H3,(H2,17,19)(H,18,20). The molecule has 0 fully saturated rings. The molecular formula is C16H16N2O2S. The Morgan fingerprint density at radius 1 is 1.10 bits per heavy atom. The van der Waals surface area contributed by atoms with Crippen LogP contribution in [0.15, 0.2) is 53.4 Å². The maximum absolute atomic E-state index is 12.3. The zero-order chi connectivity index (χ0) is 15.2. The van der Waals surface area contributed by atoms with Gasteiger partial charge in [-0.2, -0.15) is 0 Å². The highest BCUT2D eigenvalue weighted by Crippen LogP contribution is 2.23. The molecule has 2 amide bonds. The summed E-state index contributed by atoms with van der Waals surface area (Å²) in [5.74, 6) is 0.244. The maximum atomic E-state index is 12.3. The van der Waals surface area contributed by atoms with Crippen LogP contribution in [0, 0.1) is 0 Å². The molecule has 0 spiro atoms. The number of hydrogen-bond acceptors (Lipinski definition) is 3. The van der Waals surface area contributed by atoms with Gasteiger partial charge in [0.2, 0.25) is 5.91 Å². The number of nitrogens with two attached hydrogens (primary N) is 1. The Balaban J connectivity index is 2.16. The molecular weight excluding hydrogens is 284 g/mol. The van der Waals surface area contributed by atoms with Gasteiger partial charge in [0, 0.05) is 16.1 Å². The van der Waals surface area contributed by atoms with Crippen molar-refractivity contribution in [1.82, 2.24) is 0 Å². The molecule has 0 saturated heterocycles. The highest BCUT2D eigenvalue weighted by atomic mass is 32.2. The van der Waals surface area contributed by atoms with E-state index in [1.807, 2.05) is 25.1 Å². The number of hydrogen-bond donors (Lipinski definition) is 2. The highest BCUT2D eigenvalue weighted by molar-refractivity contribution is 7.99. The van der Waals surface area contributed by atoms with Crippen LogP contribution >= 0.6 is 11.8 Å². The van der Waals surface area contributed by atoms with Crippen LogP contribution in [0.1, 0.15) is 27.6 Å². The minimum atomic E-state index is -0.488. The molecule has 0 radical (unpaired) electrons. The zero-order valence-corrected chi connectivity index (χ0v) is 12.4. The van der Waals surface area contributed by atoms with Gasteiger partial charge in [-0.1, -0.05) is 19.1 Å². The van der Waals surface area contributed by atoms with Crippen LogP contribution in [0.3, 0.4) is 0 Å². The van der Waals surface area contributed by atoms with Crippen molar-refractivity contribution in [3.63, 3.8) is 0 Å². The molecule has 0 atom stereocenters. The number of rotatable bonds is 5. The first-order valence-electron chi connectivity index (χ1n) is 6.55. The summed E-state index contributed by atoms with van der Waals surface area (Å²) in [5.41, 5.74) is 6.86. The average molecular weight is 300 g/mol. The van der Waals surface area contributed by atoms with Gasteiger partial charge in [0.05, 0.1) is 5.56 Å². The van der Waals surface area contributed by atoms with E-state index in [4.69, 9.17) is 5.73 Å². The van der Waals surface area contributed by atoms with E-state index in [0.717, 1.165) is 10.6 Å². The Hall–Kier alpha value is -2.27. The van der Waals surface area contributed by atoms with Crippen LogP contribution in [0.2, 0.25) is 0 Å². The van der Waals surface area contributed by atoms with Gasteiger partial charge in [0.15, 0.2) is 0 Å². The summed E-state index contributed by atoms with van der Waals surface area (Å²) in [6.45, 7) is 2.04. The van der Waals surface area contributed by atoms with Gasteiger partial charge in [-0.05, 0) is 42.2 Å². The minimum Gasteiger partial charge on any atom is -0.366 e. The first-order valence-corrected chi connectivity index (χ1v) is 7.53. The third-order valence-corrected chi connectivity index (χ3v) is 3.81. The van der Waals surface area contributed by atoms with Crippen LogP contribution in [0.4, 0.5) is 5.69 Å². The molecule has 0 aromatic heterocycles. The lowest BCUT2D eigenvalue weighted by Crippen LogP contribution is -2.14. The van der Waals surface area contributed by atoms with E-state index in [1.54, 1.807) is 42.1 Å². The van der Waals surface area contributed by atoms with E-state index in [1.165, 1.54) is 0 Å². The molecule has 2 aromatic rings. The number of carbonyl (C=O) groups is 2. The Morgan fingerprint density at radius 2 is 1.76 bits per heavy atom. The van der Waals surface area contributed by atoms with E-state index in [-0.39, 0.29) is 5.91 Å². The van der Waals surface area contributed by atoms with Crippen molar-refractivity contribution in [2.24, 2.45) is 5.73 Å². The minimum absolute atomic E-state index is 0.168. The van der Waals surface area contributed by atoms with Crippen molar-refractivity contribution in [3.05, 3.63) is 59.7 Å². The zero-order valence-electron chi connectivity index (χ0n) is 11.6. The number of thioether (sulfide) groups is 1. The summed E-state index contributed by atoms with van der Waals surface area (Å²) in [4.78, 5) is 24.3. The molecule has 3 N–H and O–H groups in total. The van der Waals surface area contributed by atoms with Crippen molar-refractivity contribution in [2.45, 2.75) is 11.8 Å². The van der Waals surface area contributed by atoms with E-state index < -0.39 is 5.91 Å². The lowest BCUT2D eigenvalue weighted by Gasteiger charge is -2.09. The van der Waals surface area contributed by atoms with Crippen LogP contribution in [0.25, 0.3) is 0 Å². The van der Waals surface area contributed by atoms with Crippen molar-refractivity contribution < 1.29 is 9.59 Å². The summed E-state index contributed by atoms with van der Waals surface area (Å²) in [7, 11) is 0. The number of carbonyl (C=O) groups excluding carboxylic acids is 2. The number of anilines is 1. The summed E-state index contributed by atoms with van der Waals surface area (Å²) < 4.78 is 0. The van der Waals surface area contributed by atoms with Crippen LogP contribution < -0.4 is 11.1 Å². The molecule has 0 unspecified atom stereocenters. The summed E-state index contributed by atoms with van der Waals surface area (Å²) in [6, 6.07) is 14.0. The van der Waals surface area contributed by atoms with E-state index in [2.05, 4.69) is 5.32 Å². The molecule has 21 heavy (non-hydrogen) atoms. The van der Waals surface area contributed by atoms with Crippen molar-refractivity contribution >= 4 is 29.3 Å². The fraction of sp³-hybridized carbons (Fsp3) is 0.125. The first kappa shape index (κ1) is 15.1. The SMILES string of the molecule is CCSc1ccccc1C(=O)Nc1ccc(C(N)=O)cc1. The molecule has 0 heterocycles. The predicted octanol–water partition coefficient (Wildman–Crippen LogP) is 3.15. The topological polar surface area (TPSA) is 72.2 Å². The number of primary amides is 1. The van der Waals surface area contributed by atoms with Gasteiger partial charge in [0.1, 0.15) is 0 Å². The second-order valence-corrected chi connectivity index (χ2v) is 5.63. The van der Waals surface area contributed by atoms with E-state index >= 15 is 0 Å². The molecule has 2 aromatic carbocycles. The molecule has 0 saturated carbocycles.